The number of allylic oxidation sites excluding steroid dienone is 16. The number of ether oxygens (including phenoxy) is 4. The van der Waals surface area contributed by atoms with Crippen molar-refractivity contribution in [2.24, 2.45) is 0 Å². The Bertz CT molecular complexity index is 1510. The van der Waals surface area contributed by atoms with Crippen LogP contribution in [0.4, 0.5) is 0 Å². The lowest BCUT2D eigenvalue weighted by atomic mass is 10.00. The van der Waals surface area contributed by atoms with Gasteiger partial charge < -0.3 is 34.3 Å². The summed E-state index contributed by atoms with van der Waals surface area (Å²) in [6.45, 7) is 3.53. The average Bonchev–Trinajstić information content (AvgIpc) is 3.24. The van der Waals surface area contributed by atoms with Crippen LogP contribution in [-0.4, -0.2) is 96.0 Å². The maximum atomic E-state index is 12.8. The van der Waals surface area contributed by atoms with E-state index in [0.29, 0.717) is 12.8 Å². The Morgan fingerprint density at radius 1 is 0.581 bits per heavy atom. The van der Waals surface area contributed by atoms with Crippen LogP contribution in [0.15, 0.2) is 97.2 Å². The molecule has 6 atom stereocenters. The number of hydrogen-bond donors (Lipinski definition) is 4. The van der Waals surface area contributed by atoms with Gasteiger partial charge in [0.2, 0.25) is 0 Å². The lowest BCUT2D eigenvalue weighted by Gasteiger charge is -2.40. The molecular formula is C49H78O12S. The van der Waals surface area contributed by atoms with E-state index < -0.39 is 71.2 Å². The second-order valence-corrected chi connectivity index (χ2v) is 16.9. The summed E-state index contributed by atoms with van der Waals surface area (Å²) in [6.07, 6.45) is 41.6. The fourth-order valence-corrected chi connectivity index (χ4v) is 6.89. The highest BCUT2D eigenvalue weighted by Gasteiger charge is 2.46. The highest BCUT2D eigenvalue weighted by molar-refractivity contribution is 7.85. The van der Waals surface area contributed by atoms with E-state index in [0.717, 1.165) is 83.5 Å². The lowest BCUT2D eigenvalue weighted by molar-refractivity contribution is -0.297. The molecule has 1 rings (SSSR count). The van der Waals surface area contributed by atoms with Crippen LogP contribution in [0.3, 0.4) is 0 Å². The number of rotatable bonds is 36. The first kappa shape index (κ1) is 56.6. The van der Waals surface area contributed by atoms with Gasteiger partial charge in [0.1, 0.15) is 36.8 Å². The number of carbonyl (C=O) groups is 2. The van der Waals surface area contributed by atoms with Gasteiger partial charge in [-0.05, 0) is 77.0 Å². The van der Waals surface area contributed by atoms with Crippen molar-refractivity contribution in [2.45, 2.75) is 179 Å². The quantitative estimate of drug-likeness (QED) is 0.0154. The third kappa shape index (κ3) is 32.3. The van der Waals surface area contributed by atoms with Crippen molar-refractivity contribution in [3.8, 4) is 0 Å². The van der Waals surface area contributed by atoms with Crippen LogP contribution in [0.2, 0.25) is 0 Å². The molecule has 352 valence electrons. The maximum absolute atomic E-state index is 12.8. The molecule has 1 fully saturated rings. The Morgan fingerprint density at radius 3 is 1.68 bits per heavy atom. The Labute approximate surface area is 373 Å². The van der Waals surface area contributed by atoms with E-state index in [1.807, 2.05) is 36.5 Å². The van der Waals surface area contributed by atoms with Gasteiger partial charge in [-0.25, -0.2) is 0 Å². The molecule has 0 amide bonds. The molecule has 0 aromatic rings. The first-order chi connectivity index (χ1) is 30.0. The van der Waals surface area contributed by atoms with E-state index in [-0.39, 0.29) is 19.4 Å². The zero-order chi connectivity index (χ0) is 45.5. The van der Waals surface area contributed by atoms with Gasteiger partial charge in [-0.1, -0.05) is 150 Å². The smallest absolute Gasteiger partial charge is 0.306 e. The number of aliphatic hydroxyl groups is 3. The molecule has 1 aliphatic heterocycles. The van der Waals surface area contributed by atoms with E-state index >= 15 is 0 Å². The molecule has 0 spiro atoms. The third-order valence-corrected chi connectivity index (χ3v) is 10.5. The van der Waals surface area contributed by atoms with Gasteiger partial charge in [-0.2, -0.15) is 8.42 Å². The minimum absolute atomic E-state index is 0.115. The summed E-state index contributed by atoms with van der Waals surface area (Å²) < 4.78 is 54.0. The fourth-order valence-electron chi connectivity index (χ4n) is 6.20. The Kier molecular flexibility index (Phi) is 34.7. The van der Waals surface area contributed by atoms with Gasteiger partial charge >= 0.3 is 11.9 Å². The summed E-state index contributed by atoms with van der Waals surface area (Å²) in [6, 6.07) is 0. The SMILES string of the molecule is CC/C=C/C=C/C=C/C=C/CCCCCCCC(=O)OC[C@H](CO[C@H]1O[C@H](CS(=O)(=O)O)[C@@H](O)C(O)C1O)OC(=O)CCCCC/C=C/C/C=C/C/C=C/C/C=C/CCCCC. The molecule has 0 aromatic heterocycles. The molecule has 0 bridgehead atoms. The number of unbranched alkanes of at least 4 members (excludes halogenated alkanes) is 11. The van der Waals surface area contributed by atoms with Crippen LogP contribution >= 0.6 is 0 Å². The molecule has 12 nitrogen and oxygen atoms in total. The summed E-state index contributed by atoms with van der Waals surface area (Å²) >= 11 is 0. The van der Waals surface area contributed by atoms with Crippen LogP contribution < -0.4 is 0 Å². The lowest BCUT2D eigenvalue weighted by Crippen LogP contribution is -2.60. The highest BCUT2D eigenvalue weighted by atomic mass is 32.2. The summed E-state index contributed by atoms with van der Waals surface area (Å²) in [5.74, 6) is -2.07. The van der Waals surface area contributed by atoms with Crippen molar-refractivity contribution >= 4 is 22.1 Å². The van der Waals surface area contributed by atoms with Gasteiger partial charge in [0.05, 0.1) is 6.61 Å². The highest BCUT2D eigenvalue weighted by Crippen LogP contribution is 2.24. The summed E-state index contributed by atoms with van der Waals surface area (Å²) in [7, 11) is -4.62. The largest absolute Gasteiger partial charge is 0.462 e. The van der Waals surface area contributed by atoms with E-state index in [2.05, 4.69) is 74.6 Å². The van der Waals surface area contributed by atoms with Crippen LogP contribution in [0.5, 0.6) is 0 Å². The first-order valence-electron chi connectivity index (χ1n) is 22.8. The molecular weight excluding hydrogens is 813 g/mol. The Hall–Kier alpha value is -3.43. The van der Waals surface area contributed by atoms with Crippen molar-refractivity contribution in [3.63, 3.8) is 0 Å². The third-order valence-electron chi connectivity index (χ3n) is 9.74. The normalized spacial score (nSPS) is 20.8. The zero-order valence-corrected chi connectivity index (χ0v) is 38.2. The molecule has 0 radical (unpaired) electrons. The van der Waals surface area contributed by atoms with Crippen molar-refractivity contribution in [3.05, 3.63) is 97.2 Å². The molecule has 62 heavy (non-hydrogen) atoms. The second-order valence-electron chi connectivity index (χ2n) is 15.4. The molecule has 2 unspecified atom stereocenters. The van der Waals surface area contributed by atoms with Gasteiger partial charge in [0.25, 0.3) is 10.1 Å². The molecule has 1 saturated heterocycles. The van der Waals surface area contributed by atoms with Crippen LogP contribution in [-0.2, 0) is 38.7 Å². The van der Waals surface area contributed by atoms with E-state index in [4.69, 9.17) is 18.9 Å². The predicted octanol–water partition coefficient (Wildman–Crippen LogP) is 9.44. The van der Waals surface area contributed by atoms with Crippen molar-refractivity contribution in [1.29, 1.82) is 0 Å². The summed E-state index contributed by atoms with van der Waals surface area (Å²) in [5.41, 5.74) is 0. The minimum Gasteiger partial charge on any atom is -0.462 e. The topological polar surface area (TPSA) is 186 Å². The van der Waals surface area contributed by atoms with Crippen LogP contribution in [0.1, 0.15) is 142 Å². The van der Waals surface area contributed by atoms with Crippen LogP contribution in [0, 0.1) is 0 Å². The minimum atomic E-state index is -4.62. The second kappa shape index (κ2) is 38.1. The number of aliphatic hydroxyl groups excluding tert-OH is 3. The molecule has 0 aliphatic carbocycles. The maximum Gasteiger partial charge on any atom is 0.306 e. The molecule has 1 heterocycles. The molecule has 0 saturated carbocycles. The summed E-state index contributed by atoms with van der Waals surface area (Å²) in [5, 5.41) is 30.9. The molecule has 1 aliphatic rings. The van der Waals surface area contributed by atoms with Crippen molar-refractivity contribution in [1.82, 2.24) is 0 Å². The van der Waals surface area contributed by atoms with Gasteiger partial charge in [-0.15, -0.1) is 0 Å². The fraction of sp³-hybridized carbons (Fsp3) is 0.633. The number of carbonyl (C=O) groups excluding carboxylic acids is 2. The average molecular weight is 891 g/mol. The van der Waals surface area contributed by atoms with E-state index in [1.165, 1.54) is 19.3 Å². The molecule has 0 aromatic carbocycles. The van der Waals surface area contributed by atoms with E-state index in [1.54, 1.807) is 0 Å². The van der Waals surface area contributed by atoms with Crippen molar-refractivity contribution in [2.75, 3.05) is 19.0 Å². The zero-order valence-electron chi connectivity index (χ0n) is 37.4. The van der Waals surface area contributed by atoms with Gasteiger partial charge in [0, 0.05) is 12.8 Å². The monoisotopic (exact) mass is 891 g/mol. The standard InChI is InChI=1S/C49H78O12S/c1-3-5-7-9-11-13-15-17-19-20-21-22-24-26-28-30-32-34-36-38-45(51)60-42(40-59-49-48(54)47(53)46(52)43(61-49)41-62(55,56)57)39-58-44(50)37-35-33-31-29-27-25-23-18-16-14-12-10-8-6-4-2/h6,8,10-14,16-19,21-23,26,28,42-43,46-49,52-54H,3-5,7,9,15,20,24-25,27,29-41H2,1-2H3,(H,55,56,57)/b8-6+,12-10+,13-11+,16-14+,19-17+,22-21+,23-18+,28-26+/t42-,43-,46-,47?,48?,49+/m1/s1. The Morgan fingerprint density at radius 2 is 1.08 bits per heavy atom. The molecule has 13 heteroatoms. The van der Waals surface area contributed by atoms with Gasteiger partial charge in [0.15, 0.2) is 12.4 Å². The predicted molar refractivity (Wildman–Crippen MR) is 247 cm³/mol. The van der Waals surface area contributed by atoms with E-state index in [9.17, 15) is 37.9 Å². The van der Waals surface area contributed by atoms with Crippen molar-refractivity contribution < 1.29 is 56.8 Å². The summed E-state index contributed by atoms with van der Waals surface area (Å²) in [4.78, 5) is 25.4. The van der Waals surface area contributed by atoms with Gasteiger partial charge in [-0.3, -0.25) is 14.1 Å². The molecule has 4 N–H and O–H groups in total. The number of hydrogen-bond acceptors (Lipinski definition) is 11. The Balaban J connectivity index is 2.50. The first-order valence-corrected chi connectivity index (χ1v) is 24.5. The van der Waals surface area contributed by atoms with Crippen LogP contribution in [0.25, 0.3) is 0 Å². The number of esters is 2.